The van der Waals surface area contributed by atoms with Crippen molar-refractivity contribution in [1.29, 1.82) is 10.5 Å². The maximum atomic E-state index is 13.5. The number of fused-ring (bicyclic) bond motifs is 1. The zero-order chi connectivity index (χ0) is 27.1. The summed E-state index contributed by atoms with van der Waals surface area (Å²) in [5.41, 5.74) is 0.0988. The van der Waals surface area contributed by atoms with Gasteiger partial charge in [0.25, 0.3) is 5.95 Å². The standard InChI is InChI=1S/C26H22F3N7O/c1-15-20(14-31)21(17-10-8-16(13-30)9-11-17)36-24(33-23(34-36)32-22(37)25(2,3)4)35(15)19-7-5-6-18(12-19)26(27,28)29/h5-12,21H,1-4H3,(H,32,34,37). The topological polar surface area (TPSA) is 111 Å². The van der Waals surface area contributed by atoms with E-state index in [9.17, 15) is 23.2 Å². The molecule has 1 amide bonds. The minimum Gasteiger partial charge on any atom is -0.293 e. The van der Waals surface area contributed by atoms with Gasteiger partial charge in [0.05, 0.1) is 28.8 Å². The molecule has 1 aliphatic rings. The van der Waals surface area contributed by atoms with Crippen LogP contribution in [0.4, 0.5) is 30.8 Å². The van der Waals surface area contributed by atoms with Crippen molar-refractivity contribution in [3.63, 3.8) is 0 Å². The van der Waals surface area contributed by atoms with Crippen LogP contribution in [-0.4, -0.2) is 20.7 Å². The van der Waals surface area contributed by atoms with Crippen molar-refractivity contribution in [1.82, 2.24) is 14.8 Å². The Kier molecular flexibility index (Phi) is 6.26. The van der Waals surface area contributed by atoms with Gasteiger partial charge in [0.15, 0.2) is 0 Å². The van der Waals surface area contributed by atoms with E-state index in [2.05, 4.69) is 21.5 Å². The first-order valence-electron chi connectivity index (χ1n) is 11.2. The van der Waals surface area contributed by atoms with Crippen molar-refractivity contribution < 1.29 is 18.0 Å². The molecule has 2 heterocycles. The summed E-state index contributed by atoms with van der Waals surface area (Å²) >= 11 is 0. The molecule has 0 saturated heterocycles. The molecule has 8 nitrogen and oxygen atoms in total. The Bertz CT molecular complexity index is 1480. The summed E-state index contributed by atoms with van der Waals surface area (Å²) in [7, 11) is 0. The van der Waals surface area contributed by atoms with Crippen LogP contribution in [0.3, 0.4) is 0 Å². The van der Waals surface area contributed by atoms with E-state index in [-0.39, 0.29) is 29.1 Å². The highest BCUT2D eigenvalue weighted by molar-refractivity contribution is 5.93. The van der Waals surface area contributed by atoms with Gasteiger partial charge in [0.1, 0.15) is 6.04 Å². The van der Waals surface area contributed by atoms with Crippen molar-refractivity contribution in [3.8, 4) is 12.1 Å². The van der Waals surface area contributed by atoms with Crippen LogP contribution < -0.4 is 10.2 Å². The number of allylic oxidation sites excluding steroid dienone is 2. The lowest BCUT2D eigenvalue weighted by Gasteiger charge is -2.34. The Morgan fingerprint density at radius 3 is 2.30 bits per heavy atom. The summed E-state index contributed by atoms with van der Waals surface area (Å²) in [5, 5.41) is 26.4. The number of hydrogen-bond donors (Lipinski definition) is 1. The van der Waals surface area contributed by atoms with E-state index in [1.807, 2.05) is 6.07 Å². The fraction of sp³-hybridized carbons (Fsp3) is 0.269. The van der Waals surface area contributed by atoms with E-state index in [0.717, 1.165) is 12.1 Å². The predicted octanol–water partition coefficient (Wildman–Crippen LogP) is 5.69. The Labute approximate surface area is 211 Å². The van der Waals surface area contributed by atoms with Gasteiger partial charge in [-0.15, -0.1) is 5.10 Å². The molecule has 1 N–H and O–H groups in total. The van der Waals surface area contributed by atoms with Gasteiger partial charge in [0.2, 0.25) is 11.9 Å². The fourth-order valence-electron chi connectivity index (χ4n) is 3.89. The summed E-state index contributed by atoms with van der Waals surface area (Å²) in [6.07, 6.45) is -4.58. The summed E-state index contributed by atoms with van der Waals surface area (Å²) in [6.45, 7) is 6.76. The number of hydrogen-bond acceptors (Lipinski definition) is 6. The van der Waals surface area contributed by atoms with Crippen LogP contribution in [0.15, 0.2) is 59.8 Å². The van der Waals surface area contributed by atoms with Crippen LogP contribution in [0.5, 0.6) is 0 Å². The zero-order valence-electron chi connectivity index (χ0n) is 20.4. The van der Waals surface area contributed by atoms with E-state index in [4.69, 9.17) is 5.26 Å². The van der Waals surface area contributed by atoms with Crippen LogP contribution in [0.2, 0.25) is 0 Å². The molecule has 0 radical (unpaired) electrons. The van der Waals surface area contributed by atoms with Gasteiger partial charge in [-0.25, -0.2) is 4.68 Å². The van der Waals surface area contributed by atoms with Gasteiger partial charge in [0, 0.05) is 16.8 Å². The lowest BCUT2D eigenvalue weighted by Crippen LogP contribution is -2.31. The summed E-state index contributed by atoms with van der Waals surface area (Å²) in [4.78, 5) is 18.5. The number of anilines is 3. The molecular weight excluding hydrogens is 483 g/mol. The Balaban J connectivity index is 1.93. The number of carbonyl (C=O) groups excluding carboxylic acids is 1. The smallest absolute Gasteiger partial charge is 0.293 e. The molecule has 0 aliphatic carbocycles. The van der Waals surface area contributed by atoms with Crippen LogP contribution in [-0.2, 0) is 11.0 Å². The minimum atomic E-state index is -4.58. The van der Waals surface area contributed by atoms with Crippen LogP contribution in [0, 0.1) is 28.1 Å². The zero-order valence-corrected chi connectivity index (χ0v) is 20.4. The quantitative estimate of drug-likeness (QED) is 0.490. The second-order valence-electron chi connectivity index (χ2n) is 9.51. The molecule has 4 rings (SSSR count). The fourth-order valence-corrected chi connectivity index (χ4v) is 3.89. The van der Waals surface area contributed by atoms with E-state index in [0.29, 0.717) is 16.8 Å². The first-order chi connectivity index (χ1) is 17.3. The molecule has 1 unspecified atom stereocenters. The lowest BCUT2D eigenvalue weighted by atomic mass is 9.95. The molecule has 2 aromatic carbocycles. The first kappa shape index (κ1) is 25.5. The van der Waals surface area contributed by atoms with Gasteiger partial charge in [-0.2, -0.15) is 28.7 Å². The van der Waals surface area contributed by atoms with E-state index in [1.54, 1.807) is 52.0 Å². The lowest BCUT2D eigenvalue weighted by molar-refractivity contribution is -0.137. The van der Waals surface area contributed by atoms with Crippen molar-refractivity contribution in [2.45, 2.75) is 39.9 Å². The normalized spacial score (nSPS) is 15.6. The molecule has 11 heteroatoms. The highest BCUT2D eigenvalue weighted by Gasteiger charge is 2.38. The van der Waals surface area contributed by atoms with Gasteiger partial charge in [-0.3, -0.25) is 15.0 Å². The van der Waals surface area contributed by atoms with Crippen LogP contribution in [0.25, 0.3) is 0 Å². The van der Waals surface area contributed by atoms with E-state index in [1.165, 1.54) is 21.7 Å². The number of aromatic nitrogens is 3. The number of carbonyl (C=O) groups is 1. The van der Waals surface area contributed by atoms with Crippen molar-refractivity contribution in [2.24, 2.45) is 5.41 Å². The molecule has 1 aliphatic heterocycles. The third kappa shape index (κ3) is 4.76. The van der Waals surface area contributed by atoms with Gasteiger partial charge >= 0.3 is 6.18 Å². The predicted molar refractivity (Wildman–Crippen MR) is 129 cm³/mol. The van der Waals surface area contributed by atoms with Crippen molar-refractivity contribution >= 4 is 23.5 Å². The summed E-state index contributed by atoms with van der Waals surface area (Å²) in [6, 6.07) is 14.6. The minimum absolute atomic E-state index is 0.0578. The third-order valence-electron chi connectivity index (χ3n) is 5.87. The maximum Gasteiger partial charge on any atom is 0.416 e. The number of amides is 1. The van der Waals surface area contributed by atoms with Gasteiger partial charge < -0.3 is 0 Å². The average Bonchev–Trinajstić information content (AvgIpc) is 3.25. The SMILES string of the molecule is CC1=C(C#N)C(c2ccc(C#N)cc2)n2nc(NC(=O)C(C)(C)C)nc2N1c1cccc(C(F)(F)F)c1. The molecule has 0 bridgehead atoms. The number of nitriles is 2. The Morgan fingerprint density at radius 2 is 1.73 bits per heavy atom. The molecule has 0 spiro atoms. The summed E-state index contributed by atoms with van der Waals surface area (Å²) < 4.78 is 41.9. The van der Waals surface area contributed by atoms with Gasteiger partial charge in [-0.05, 0) is 42.8 Å². The Hall–Kier alpha value is -4.64. The molecular formula is C26H22F3N7O. The molecule has 37 heavy (non-hydrogen) atoms. The van der Waals surface area contributed by atoms with Crippen LogP contribution >= 0.6 is 0 Å². The second-order valence-corrected chi connectivity index (χ2v) is 9.51. The van der Waals surface area contributed by atoms with Crippen molar-refractivity contribution in [3.05, 3.63) is 76.5 Å². The van der Waals surface area contributed by atoms with Gasteiger partial charge in [-0.1, -0.05) is 39.0 Å². The molecule has 1 aromatic heterocycles. The molecule has 0 fully saturated rings. The summed E-state index contributed by atoms with van der Waals surface area (Å²) in [5.74, 6) is -0.298. The third-order valence-corrected chi connectivity index (χ3v) is 5.87. The van der Waals surface area contributed by atoms with E-state index < -0.39 is 23.2 Å². The monoisotopic (exact) mass is 505 g/mol. The number of benzene rings is 2. The number of alkyl halides is 3. The largest absolute Gasteiger partial charge is 0.416 e. The number of nitrogens with one attached hydrogen (secondary N) is 1. The average molecular weight is 506 g/mol. The number of rotatable bonds is 3. The second kappa shape index (κ2) is 9.10. The highest BCUT2D eigenvalue weighted by Crippen LogP contribution is 2.43. The highest BCUT2D eigenvalue weighted by atomic mass is 19.4. The molecule has 0 saturated carbocycles. The number of halogens is 3. The van der Waals surface area contributed by atoms with Crippen LogP contribution in [0.1, 0.15) is 50.4 Å². The molecule has 188 valence electrons. The van der Waals surface area contributed by atoms with E-state index >= 15 is 0 Å². The number of nitrogens with zero attached hydrogens (tertiary/aromatic N) is 6. The molecule has 1 atom stereocenters. The maximum absolute atomic E-state index is 13.5. The Morgan fingerprint density at radius 1 is 1.05 bits per heavy atom. The van der Waals surface area contributed by atoms with Crippen molar-refractivity contribution in [2.75, 3.05) is 10.2 Å². The first-order valence-corrected chi connectivity index (χ1v) is 11.2. The molecule has 3 aromatic rings.